The first-order valence-electron chi connectivity index (χ1n) is 7.55. The number of benzene rings is 2. The third-order valence-electron chi connectivity index (χ3n) is 4.23. The molecule has 0 saturated carbocycles. The molecule has 1 atom stereocenters. The van der Waals surface area contributed by atoms with Crippen LogP contribution in [0.1, 0.15) is 18.1 Å². The molecule has 134 valence electrons. The molecule has 2 aromatic rings. The quantitative estimate of drug-likeness (QED) is 0.484. The van der Waals surface area contributed by atoms with Crippen molar-refractivity contribution in [2.75, 3.05) is 0 Å². The summed E-state index contributed by atoms with van der Waals surface area (Å²) in [6.07, 6.45) is 0. The van der Waals surface area contributed by atoms with Gasteiger partial charge in [0.25, 0.3) is 11.6 Å². The molecule has 2 aromatic carbocycles. The second kappa shape index (κ2) is 6.59. The highest BCUT2D eigenvalue weighted by Crippen LogP contribution is 2.35. The van der Waals surface area contributed by atoms with Crippen molar-refractivity contribution in [2.24, 2.45) is 0 Å². The average molecular weight is 394 g/mol. The zero-order chi connectivity index (χ0) is 19.1. The van der Waals surface area contributed by atoms with Crippen molar-refractivity contribution in [1.82, 2.24) is 10.2 Å². The van der Waals surface area contributed by atoms with Gasteiger partial charge < -0.3 is 5.32 Å². The number of halogens is 2. The Balaban J connectivity index is 1.87. The minimum atomic E-state index is -1.32. The van der Waals surface area contributed by atoms with Crippen molar-refractivity contribution in [3.05, 3.63) is 73.8 Å². The van der Waals surface area contributed by atoms with E-state index in [1.165, 1.54) is 30.3 Å². The number of urea groups is 1. The molecule has 1 fully saturated rings. The highest BCUT2D eigenvalue weighted by molar-refractivity contribution is 6.35. The van der Waals surface area contributed by atoms with Gasteiger partial charge in [0.15, 0.2) is 0 Å². The number of rotatable bonds is 4. The highest BCUT2D eigenvalue weighted by Gasteiger charge is 2.49. The van der Waals surface area contributed by atoms with Crippen LogP contribution in [0.2, 0.25) is 10.0 Å². The standard InChI is InChI=1S/C17H13Cl2N3O4/c1-17(13-7-4-11(18)8-14(13)19)15(23)21(16(24)20-17)9-10-2-5-12(6-3-10)22(25)26/h2-8H,9H2,1H3,(H,20,24). The van der Waals surface area contributed by atoms with E-state index in [1.54, 1.807) is 19.1 Å². The van der Waals surface area contributed by atoms with Gasteiger partial charge in [-0.25, -0.2) is 4.79 Å². The number of nitro groups is 1. The third-order valence-corrected chi connectivity index (χ3v) is 4.78. The number of carbonyl (C=O) groups is 2. The zero-order valence-electron chi connectivity index (χ0n) is 13.5. The van der Waals surface area contributed by atoms with Crippen molar-refractivity contribution in [3.8, 4) is 0 Å². The molecule has 0 bridgehead atoms. The van der Waals surface area contributed by atoms with Gasteiger partial charge in [0.1, 0.15) is 5.54 Å². The lowest BCUT2D eigenvalue weighted by Gasteiger charge is -2.23. The second-order valence-electron chi connectivity index (χ2n) is 5.99. The van der Waals surface area contributed by atoms with E-state index in [0.29, 0.717) is 16.1 Å². The number of carbonyl (C=O) groups excluding carboxylic acids is 2. The van der Waals surface area contributed by atoms with Gasteiger partial charge in [-0.2, -0.15) is 0 Å². The van der Waals surface area contributed by atoms with E-state index < -0.39 is 22.4 Å². The van der Waals surface area contributed by atoms with Crippen LogP contribution in [-0.4, -0.2) is 21.8 Å². The Bertz CT molecular complexity index is 917. The summed E-state index contributed by atoms with van der Waals surface area (Å²) >= 11 is 12.1. The van der Waals surface area contributed by atoms with Gasteiger partial charge >= 0.3 is 6.03 Å². The maximum atomic E-state index is 12.9. The number of nitrogens with zero attached hydrogens (tertiary/aromatic N) is 2. The number of nitrogens with one attached hydrogen (secondary N) is 1. The molecule has 1 aliphatic heterocycles. The molecule has 26 heavy (non-hydrogen) atoms. The van der Waals surface area contributed by atoms with Crippen LogP contribution in [0.4, 0.5) is 10.5 Å². The Labute approximate surface area is 158 Å². The highest BCUT2D eigenvalue weighted by atomic mass is 35.5. The summed E-state index contributed by atoms with van der Waals surface area (Å²) in [5, 5.41) is 14.1. The summed E-state index contributed by atoms with van der Waals surface area (Å²) in [5.41, 5.74) is -0.359. The topological polar surface area (TPSA) is 92.6 Å². The van der Waals surface area contributed by atoms with E-state index in [0.717, 1.165) is 4.90 Å². The molecule has 1 aliphatic rings. The first kappa shape index (κ1) is 18.2. The lowest BCUT2D eigenvalue weighted by atomic mass is 9.92. The van der Waals surface area contributed by atoms with Crippen molar-refractivity contribution in [1.29, 1.82) is 0 Å². The van der Waals surface area contributed by atoms with Crippen LogP contribution < -0.4 is 5.32 Å². The third kappa shape index (κ3) is 3.11. The van der Waals surface area contributed by atoms with Crippen LogP contribution in [0.5, 0.6) is 0 Å². The van der Waals surface area contributed by atoms with Gasteiger partial charge in [-0.05, 0) is 24.6 Å². The number of hydrogen-bond donors (Lipinski definition) is 1. The molecule has 1 unspecified atom stereocenters. The predicted molar refractivity (Wildman–Crippen MR) is 96.0 cm³/mol. The molecular formula is C17H13Cl2N3O4. The first-order chi connectivity index (χ1) is 12.2. The molecule has 3 rings (SSSR count). The average Bonchev–Trinajstić information content (AvgIpc) is 2.79. The number of hydrogen-bond acceptors (Lipinski definition) is 4. The largest absolute Gasteiger partial charge is 0.325 e. The van der Waals surface area contributed by atoms with Crippen LogP contribution in [0.15, 0.2) is 42.5 Å². The van der Waals surface area contributed by atoms with Gasteiger partial charge in [0.05, 0.1) is 11.5 Å². The summed E-state index contributed by atoms with van der Waals surface area (Å²) in [6, 6.07) is 9.77. The molecule has 0 aliphatic carbocycles. The molecule has 0 radical (unpaired) electrons. The summed E-state index contributed by atoms with van der Waals surface area (Å²) in [6.45, 7) is 1.56. The van der Waals surface area contributed by atoms with E-state index in [4.69, 9.17) is 23.2 Å². The summed E-state index contributed by atoms with van der Waals surface area (Å²) in [7, 11) is 0. The van der Waals surface area contributed by atoms with Crippen LogP contribution in [0.3, 0.4) is 0 Å². The maximum absolute atomic E-state index is 12.9. The van der Waals surface area contributed by atoms with Crippen molar-refractivity contribution >= 4 is 40.8 Å². The van der Waals surface area contributed by atoms with Crippen molar-refractivity contribution in [3.63, 3.8) is 0 Å². The lowest BCUT2D eigenvalue weighted by molar-refractivity contribution is -0.384. The Morgan fingerprint density at radius 2 is 1.81 bits per heavy atom. The molecule has 0 aromatic heterocycles. The zero-order valence-corrected chi connectivity index (χ0v) is 15.0. The van der Waals surface area contributed by atoms with Gasteiger partial charge in [-0.1, -0.05) is 41.4 Å². The number of imide groups is 1. The Morgan fingerprint density at radius 3 is 2.38 bits per heavy atom. The molecule has 7 nitrogen and oxygen atoms in total. The molecule has 1 N–H and O–H groups in total. The molecule has 3 amide bonds. The fourth-order valence-corrected chi connectivity index (χ4v) is 3.42. The number of nitro benzene ring substituents is 1. The van der Waals surface area contributed by atoms with E-state index in [1.807, 2.05) is 0 Å². The van der Waals surface area contributed by atoms with E-state index >= 15 is 0 Å². The minimum Gasteiger partial charge on any atom is -0.319 e. The van der Waals surface area contributed by atoms with Gasteiger partial charge in [0.2, 0.25) is 0 Å². The lowest BCUT2D eigenvalue weighted by Crippen LogP contribution is -2.41. The van der Waals surface area contributed by atoms with Gasteiger partial charge in [-0.15, -0.1) is 0 Å². The smallest absolute Gasteiger partial charge is 0.319 e. The van der Waals surface area contributed by atoms with Crippen LogP contribution in [-0.2, 0) is 16.9 Å². The monoisotopic (exact) mass is 393 g/mol. The first-order valence-corrected chi connectivity index (χ1v) is 8.31. The van der Waals surface area contributed by atoms with Gasteiger partial charge in [-0.3, -0.25) is 19.8 Å². The van der Waals surface area contributed by atoms with Crippen LogP contribution >= 0.6 is 23.2 Å². The molecule has 1 saturated heterocycles. The minimum absolute atomic E-state index is 0.0105. The molecule has 9 heteroatoms. The fourth-order valence-electron chi connectivity index (χ4n) is 2.82. The van der Waals surface area contributed by atoms with Crippen LogP contribution in [0, 0.1) is 10.1 Å². The Kier molecular flexibility index (Phi) is 4.60. The molecule has 1 heterocycles. The normalized spacial score (nSPS) is 19.6. The predicted octanol–water partition coefficient (Wildman–Crippen LogP) is 3.87. The van der Waals surface area contributed by atoms with Gasteiger partial charge in [0, 0.05) is 27.7 Å². The SMILES string of the molecule is CC1(c2ccc(Cl)cc2Cl)NC(=O)N(Cc2ccc([N+](=O)[O-])cc2)C1=O. The second-order valence-corrected chi connectivity index (χ2v) is 6.84. The Hall–Kier alpha value is -2.64. The number of non-ortho nitro benzene ring substituents is 1. The van der Waals surface area contributed by atoms with E-state index in [-0.39, 0.29) is 17.3 Å². The molecule has 0 spiro atoms. The van der Waals surface area contributed by atoms with Crippen LogP contribution in [0.25, 0.3) is 0 Å². The van der Waals surface area contributed by atoms with Crippen molar-refractivity contribution in [2.45, 2.75) is 19.0 Å². The summed E-state index contributed by atoms with van der Waals surface area (Å²) < 4.78 is 0. The molecular weight excluding hydrogens is 381 g/mol. The van der Waals surface area contributed by atoms with E-state index in [2.05, 4.69) is 5.32 Å². The fraction of sp³-hybridized carbons (Fsp3) is 0.176. The summed E-state index contributed by atoms with van der Waals surface area (Å²) in [5.74, 6) is -0.468. The summed E-state index contributed by atoms with van der Waals surface area (Å²) in [4.78, 5) is 36.5. The Morgan fingerprint density at radius 1 is 1.15 bits per heavy atom. The maximum Gasteiger partial charge on any atom is 0.325 e. The van der Waals surface area contributed by atoms with E-state index in [9.17, 15) is 19.7 Å². The van der Waals surface area contributed by atoms with Crippen molar-refractivity contribution < 1.29 is 14.5 Å². The number of amides is 3.